The quantitative estimate of drug-likeness (QED) is 0.706. The zero-order chi connectivity index (χ0) is 19.8. The second-order valence-corrected chi connectivity index (χ2v) is 7.57. The van der Waals surface area contributed by atoms with E-state index in [-0.39, 0.29) is 22.8 Å². The van der Waals surface area contributed by atoms with Gasteiger partial charge in [0.15, 0.2) is 0 Å². The molecule has 0 heterocycles. The molecular formula is C21H26N2O3S. The predicted molar refractivity (Wildman–Crippen MR) is 113 cm³/mol. The fraction of sp³-hybridized carbons (Fsp3) is 0.333. The Morgan fingerprint density at radius 2 is 1.81 bits per heavy atom. The van der Waals surface area contributed by atoms with Gasteiger partial charge in [0.05, 0.1) is 23.3 Å². The maximum atomic E-state index is 12.4. The second kappa shape index (κ2) is 10.0. The molecule has 27 heavy (non-hydrogen) atoms. The summed E-state index contributed by atoms with van der Waals surface area (Å²) >= 11 is 1.29. The van der Waals surface area contributed by atoms with Gasteiger partial charge < -0.3 is 15.4 Å². The van der Waals surface area contributed by atoms with E-state index in [0.717, 1.165) is 16.8 Å². The van der Waals surface area contributed by atoms with Gasteiger partial charge in [0.2, 0.25) is 11.8 Å². The van der Waals surface area contributed by atoms with Gasteiger partial charge in [0.25, 0.3) is 0 Å². The van der Waals surface area contributed by atoms with Crippen molar-refractivity contribution in [3.63, 3.8) is 0 Å². The monoisotopic (exact) mass is 386 g/mol. The third kappa shape index (κ3) is 6.32. The number of carbonyl (C=O) groups is 2. The number of amides is 2. The normalized spacial score (nSPS) is 11.6. The van der Waals surface area contributed by atoms with Crippen LogP contribution >= 0.6 is 11.8 Å². The molecule has 144 valence electrons. The number of thioether (sulfide) groups is 1. The first-order valence-corrected chi connectivity index (χ1v) is 9.97. The molecule has 0 spiro atoms. The van der Waals surface area contributed by atoms with Crippen LogP contribution in [0.4, 0.5) is 11.4 Å². The van der Waals surface area contributed by atoms with Gasteiger partial charge in [-0.3, -0.25) is 9.59 Å². The zero-order valence-electron chi connectivity index (χ0n) is 16.2. The molecule has 0 bridgehead atoms. The molecule has 1 unspecified atom stereocenters. The van der Waals surface area contributed by atoms with Crippen LogP contribution in [0.2, 0.25) is 0 Å². The third-order valence-corrected chi connectivity index (χ3v) is 5.08. The maximum absolute atomic E-state index is 12.4. The van der Waals surface area contributed by atoms with Crippen LogP contribution in [0, 0.1) is 13.8 Å². The summed E-state index contributed by atoms with van der Waals surface area (Å²) in [5.74, 6) is 0.536. The van der Waals surface area contributed by atoms with Gasteiger partial charge >= 0.3 is 0 Å². The van der Waals surface area contributed by atoms with Gasteiger partial charge in [0, 0.05) is 5.69 Å². The molecule has 2 aromatic rings. The van der Waals surface area contributed by atoms with Crippen LogP contribution in [0.5, 0.6) is 5.75 Å². The fourth-order valence-electron chi connectivity index (χ4n) is 2.50. The van der Waals surface area contributed by atoms with E-state index in [9.17, 15) is 9.59 Å². The van der Waals surface area contributed by atoms with Crippen molar-refractivity contribution in [2.24, 2.45) is 0 Å². The van der Waals surface area contributed by atoms with E-state index in [0.29, 0.717) is 18.0 Å². The standard InChI is InChI=1S/C21H26N2O3S/c1-5-26-19-9-7-6-8-18(19)22-20(24)13-27-16(4)21(25)23-17-11-10-14(2)12-15(17)3/h6-12,16H,5,13H2,1-4H3,(H,22,24)(H,23,25). The third-order valence-electron chi connectivity index (χ3n) is 3.93. The Hall–Kier alpha value is -2.47. The van der Waals surface area contributed by atoms with Crippen LogP contribution in [0.1, 0.15) is 25.0 Å². The molecule has 0 saturated carbocycles. The fourth-order valence-corrected chi connectivity index (χ4v) is 3.19. The molecule has 0 radical (unpaired) electrons. The smallest absolute Gasteiger partial charge is 0.237 e. The first-order valence-electron chi connectivity index (χ1n) is 8.92. The van der Waals surface area contributed by atoms with Crippen LogP contribution < -0.4 is 15.4 Å². The summed E-state index contributed by atoms with van der Waals surface area (Å²) in [7, 11) is 0. The van der Waals surface area contributed by atoms with Gasteiger partial charge in [-0.25, -0.2) is 0 Å². The lowest BCUT2D eigenvalue weighted by Crippen LogP contribution is -2.25. The van der Waals surface area contributed by atoms with Crippen LogP contribution in [0.25, 0.3) is 0 Å². The lowest BCUT2D eigenvalue weighted by molar-refractivity contribution is -0.115. The van der Waals surface area contributed by atoms with Gasteiger partial charge in [-0.05, 0) is 51.5 Å². The number of para-hydroxylation sites is 2. The van der Waals surface area contributed by atoms with Crippen molar-refractivity contribution in [1.82, 2.24) is 0 Å². The summed E-state index contributed by atoms with van der Waals surface area (Å²) in [6.45, 7) is 8.19. The zero-order valence-corrected chi connectivity index (χ0v) is 17.0. The van der Waals surface area contributed by atoms with E-state index in [1.807, 2.05) is 57.2 Å². The number of rotatable bonds is 8. The van der Waals surface area contributed by atoms with Gasteiger partial charge in [-0.2, -0.15) is 0 Å². The number of ether oxygens (including phenoxy) is 1. The summed E-state index contributed by atoms with van der Waals surface area (Å²) in [4.78, 5) is 24.6. The second-order valence-electron chi connectivity index (χ2n) is 6.24. The molecule has 5 nitrogen and oxygen atoms in total. The maximum Gasteiger partial charge on any atom is 0.237 e. The predicted octanol–water partition coefficient (Wildman–Crippen LogP) is 4.40. The molecular weight excluding hydrogens is 360 g/mol. The minimum Gasteiger partial charge on any atom is -0.492 e. The Labute approximate surface area is 164 Å². The van der Waals surface area contributed by atoms with Crippen molar-refractivity contribution in [3.8, 4) is 5.75 Å². The average molecular weight is 387 g/mol. The highest BCUT2D eigenvalue weighted by atomic mass is 32.2. The number of anilines is 2. The Balaban J connectivity index is 1.86. The lowest BCUT2D eigenvalue weighted by Gasteiger charge is -2.14. The average Bonchev–Trinajstić information content (AvgIpc) is 2.63. The molecule has 2 rings (SSSR count). The van der Waals surface area contributed by atoms with Crippen molar-refractivity contribution >= 4 is 35.0 Å². The molecule has 0 aliphatic heterocycles. The lowest BCUT2D eigenvalue weighted by atomic mass is 10.1. The van der Waals surface area contributed by atoms with Crippen molar-refractivity contribution in [1.29, 1.82) is 0 Å². The molecule has 2 amide bonds. The highest BCUT2D eigenvalue weighted by Gasteiger charge is 2.17. The Morgan fingerprint density at radius 1 is 1.07 bits per heavy atom. The molecule has 0 aromatic heterocycles. The number of nitrogens with one attached hydrogen (secondary N) is 2. The van der Waals surface area contributed by atoms with E-state index in [1.165, 1.54) is 11.8 Å². The minimum absolute atomic E-state index is 0.116. The van der Waals surface area contributed by atoms with E-state index in [2.05, 4.69) is 10.6 Å². The summed E-state index contributed by atoms with van der Waals surface area (Å²) in [5, 5.41) is 5.41. The molecule has 0 fully saturated rings. The molecule has 6 heteroatoms. The molecule has 0 aliphatic rings. The first kappa shape index (κ1) is 20.8. The Bertz CT molecular complexity index is 808. The number of benzene rings is 2. The summed E-state index contributed by atoms with van der Waals surface area (Å²) in [6.07, 6.45) is 0. The minimum atomic E-state index is -0.349. The van der Waals surface area contributed by atoms with Crippen molar-refractivity contribution in [3.05, 3.63) is 53.6 Å². The Morgan fingerprint density at radius 3 is 2.52 bits per heavy atom. The number of hydrogen-bond acceptors (Lipinski definition) is 4. The SMILES string of the molecule is CCOc1ccccc1NC(=O)CSC(C)C(=O)Nc1ccc(C)cc1C. The van der Waals surface area contributed by atoms with Crippen molar-refractivity contribution in [2.75, 3.05) is 23.0 Å². The van der Waals surface area contributed by atoms with Crippen LogP contribution in [-0.2, 0) is 9.59 Å². The number of carbonyl (C=O) groups excluding carboxylic acids is 2. The largest absolute Gasteiger partial charge is 0.492 e. The molecule has 0 saturated heterocycles. The van der Waals surface area contributed by atoms with Crippen molar-refractivity contribution in [2.45, 2.75) is 32.9 Å². The van der Waals surface area contributed by atoms with E-state index < -0.39 is 0 Å². The van der Waals surface area contributed by atoms with Crippen LogP contribution in [-0.4, -0.2) is 29.4 Å². The topological polar surface area (TPSA) is 67.4 Å². The van der Waals surface area contributed by atoms with Gasteiger partial charge in [-0.15, -0.1) is 11.8 Å². The molecule has 1 atom stereocenters. The first-order chi connectivity index (χ1) is 12.9. The van der Waals surface area contributed by atoms with E-state index in [1.54, 1.807) is 13.0 Å². The van der Waals surface area contributed by atoms with Crippen LogP contribution in [0.3, 0.4) is 0 Å². The molecule has 2 N–H and O–H groups in total. The van der Waals surface area contributed by atoms with Gasteiger partial charge in [-0.1, -0.05) is 29.8 Å². The summed E-state index contributed by atoms with van der Waals surface area (Å²) in [6, 6.07) is 13.2. The summed E-state index contributed by atoms with van der Waals surface area (Å²) in [5.41, 5.74) is 3.60. The van der Waals surface area contributed by atoms with Crippen molar-refractivity contribution < 1.29 is 14.3 Å². The number of aryl methyl sites for hydroxylation is 2. The number of hydrogen-bond donors (Lipinski definition) is 2. The highest BCUT2D eigenvalue weighted by Crippen LogP contribution is 2.24. The Kier molecular flexibility index (Phi) is 7.73. The van der Waals surface area contributed by atoms with Gasteiger partial charge in [0.1, 0.15) is 5.75 Å². The summed E-state index contributed by atoms with van der Waals surface area (Å²) < 4.78 is 5.50. The van der Waals surface area contributed by atoms with Crippen LogP contribution in [0.15, 0.2) is 42.5 Å². The molecule has 2 aromatic carbocycles. The van der Waals surface area contributed by atoms with E-state index >= 15 is 0 Å². The van der Waals surface area contributed by atoms with E-state index in [4.69, 9.17) is 4.74 Å². The molecule has 0 aliphatic carbocycles. The highest BCUT2D eigenvalue weighted by molar-refractivity contribution is 8.01.